The predicted molar refractivity (Wildman–Crippen MR) is 102 cm³/mol. The molecule has 0 aliphatic rings. The number of nitrogens with zero attached hydrogens (tertiary/aromatic N) is 3. The molecule has 3 rings (SSSR count). The van der Waals surface area contributed by atoms with Gasteiger partial charge >= 0.3 is 0 Å². The molecule has 0 aliphatic carbocycles. The highest BCUT2D eigenvalue weighted by molar-refractivity contribution is 7.98. The predicted octanol–water partition coefficient (Wildman–Crippen LogP) is 5.35. The van der Waals surface area contributed by atoms with Crippen molar-refractivity contribution in [3.63, 3.8) is 0 Å². The smallest absolute Gasteiger partial charge is 0.191 e. The summed E-state index contributed by atoms with van der Waals surface area (Å²) in [6, 6.07) is 12.2. The van der Waals surface area contributed by atoms with Crippen LogP contribution in [0.25, 0.3) is 0 Å². The summed E-state index contributed by atoms with van der Waals surface area (Å²) in [5.41, 5.74) is 1.97. The number of halogens is 2. The van der Waals surface area contributed by atoms with Crippen LogP contribution in [0.2, 0.25) is 5.02 Å². The van der Waals surface area contributed by atoms with E-state index >= 15 is 0 Å². The number of benzene rings is 2. The monoisotopic (exact) mass is 391 g/mol. The summed E-state index contributed by atoms with van der Waals surface area (Å²) in [5, 5.41) is 9.77. The van der Waals surface area contributed by atoms with Crippen LogP contribution in [0.3, 0.4) is 0 Å². The first kappa shape index (κ1) is 18.7. The number of ether oxygens (including phenoxy) is 1. The van der Waals surface area contributed by atoms with E-state index in [-0.39, 0.29) is 11.9 Å². The lowest BCUT2D eigenvalue weighted by molar-refractivity contribution is 0.211. The Morgan fingerprint density at radius 1 is 1.23 bits per heavy atom. The van der Waals surface area contributed by atoms with E-state index < -0.39 is 0 Å². The minimum Gasteiger partial charge on any atom is -0.481 e. The molecule has 1 aromatic heterocycles. The van der Waals surface area contributed by atoms with Crippen LogP contribution < -0.4 is 4.74 Å². The third kappa shape index (κ3) is 4.37. The zero-order valence-corrected chi connectivity index (χ0v) is 16.3. The lowest BCUT2D eigenvalue weighted by Crippen LogP contribution is -2.10. The van der Waals surface area contributed by atoms with Crippen LogP contribution >= 0.6 is 23.4 Å². The van der Waals surface area contributed by atoms with Gasteiger partial charge in [0.05, 0.1) is 5.02 Å². The van der Waals surface area contributed by atoms with E-state index in [0.717, 1.165) is 16.3 Å². The standard InChI is InChI=1S/C19H19ClFN3OS/c1-12-7-8-16(20)17(9-12)25-13(2)18-22-23-19(24(18)3)26-11-14-5-4-6-15(21)10-14/h4-10,13H,11H2,1-3H3. The summed E-state index contributed by atoms with van der Waals surface area (Å²) in [4.78, 5) is 0. The number of hydrogen-bond acceptors (Lipinski definition) is 4. The maximum atomic E-state index is 13.3. The normalized spacial score (nSPS) is 12.2. The fourth-order valence-electron chi connectivity index (χ4n) is 2.52. The highest BCUT2D eigenvalue weighted by Crippen LogP contribution is 2.30. The van der Waals surface area contributed by atoms with Gasteiger partial charge in [0.15, 0.2) is 17.1 Å². The van der Waals surface area contributed by atoms with Crippen LogP contribution in [0.4, 0.5) is 4.39 Å². The van der Waals surface area contributed by atoms with Gasteiger partial charge in [-0.25, -0.2) is 4.39 Å². The molecule has 0 radical (unpaired) electrons. The first-order valence-corrected chi connectivity index (χ1v) is 9.49. The number of thioether (sulfide) groups is 1. The van der Waals surface area contributed by atoms with E-state index in [0.29, 0.717) is 22.3 Å². The minimum atomic E-state index is -0.310. The molecule has 0 saturated heterocycles. The molecule has 136 valence electrons. The van der Waals surface area contributed by atoms with E-state index in [1.165, 1.54) is 23.9 Å². The molecule has 0 aliphatic heterocycles. The number of aromatic nitrogens is 3. The summed E-state index contributed by atoms with van der Waals surface area (Å²) >= 11 is 7.70. The van der Waals surface area contributed by atoms with Gasteiger partial charge in [-0.05, 0) is 49.2 Å². The fraction of sp³-hybridized carbons (Fsp3) is 0.263. The molecule has 2 aromatic carbocycles. The van der Waals surface area contributed by atoms with Crippen LogP contribution in [0, 0.1) is 12.7 Å². The molecule has 0 saturated carbocycles. The van der Waals surface area contributed by atoms with E-state index in [1.807, 2.05) is 49.7 Å². The molecule has 7 heteroatoms. The van der Waals surface area contributed by atoms with Gasteiger partial charge in [0, 0.05) is 12.8 Å². The highest BCUT2D eigenvalue weighted by Gasteiger charge is 2.18. The second-order valence-corrected chi connectivity index (χ2v) is 7.36. The Balaban J connectivity index is 1.70. The van der Waals surface area contributed by atoms with Crippen LogP contribution in [0.15, 0.2) is 47.6 Å². The third-order valence-electron chi connectivity index (χ3n) is 3.88. The number of rotatable bonds is 6. The van der Waals surface area contributed by atoms with Gasteiger partial charge in [0.1, 0.15) is 11.6 Å². The zero-order valence-electron chi connectivity index (χ0n) is 14.7. The van der Waals surface area contributed by atoms with Gasteiger partial charge in [0.2, 0.25) is 0 Å². The minimum absolute atomic E-state index is 0.237. The summed E-state index contributed by atoms with van der Waals surface area (Å²) < 4.78 is 21.1. The summed E-state index contributed by atoms with van der Waals surface area (Å²) in [7, 11) is 1.89. The fourth-order valence-corrected chi connectivity index (χ4v) is 3.55. The molecule has 1 unspecified atom stereocenters. The average Bonchev–Trinajstić information content (AvgIpc) is 2.97. The van der Waals surface area contributed by atoms with Crippen LogP contribution in [-0.4, -0.2) is 14.8 Å². The Labute approximate surface area is 161 Å². The summed E-state index contributed by atoms with van der Waals surface area (Å²) in [6.07, 6.45) is -0.310. The van der Waals surface area contributed by atoms with Gasteiger partial charge in [-0.2, -0.15) is 0 Å². The van der Waals surface area contributed by atoms with Crippen molar-refractivity contribution in [2.45, 2.75) is 30.9 Å². The molecule has 1 atom stereocenters. The molecule has 0 bridgehead atoms. The number of aryl methyl sites for hydroxylation is 1. The van der Waals surface area contributed by atoms with Crippen LogP contribution in [-0.2, 0) is 12.8 Å². The number of hydrogen-bond donors (Lipinski definition) is 0. The van der Waals surface area contributed by atoms with E-state index in [4.69, 9.17) is 16.3 Å². The third-order valence-corrected chi connectivity index (χ3v) is 5.28. The Morgan fingerprint density at radius 3 is 2.81 bits per heavy atom. The molecular weight excluding hydrogens is 373 g/mol. The molecule has 1 heterocycles. The Kier molecular flexibility index (Phi) is 5.84. The molecule has 3 aromatic rings. The molecular formula is C19H19ClFN3OS. The van der Waals surface area contributed by atoms with Crippen molar-refractivity contribution in [3.8, 4) is 5.75 Å². The van der Waals surface area contributed by atoms with Crippen molar-refractivity contribution in [1.82, 2.24) is 14.8 Å². The van der Waals surface area contributed by atoms with E-state index in [1.54, 1.807) is 6.07 Å². The van der Waals surface area contributed by atoms with Crippen molar-refractivity contribution < 1.29 is 9.13 Å². The van der Waals surface area contributed by atoms with Gasteiger partial charge < -0.3 is 9.30 Å². The maximum absolute atomic E-state index is 13.3. The van der Waals surface area contributed by atoms with Gasteiger partial charge in [-0.3, -0.25) is 0 Å². The first-order valence-electron chi connectivity index (χ1n) is 8.13. The lowest BCUT2D eigenvalue weighted by atomic mass is 10.2. The molecule has 0 fully saturated rings. The van der Waals surface area contributed by atoms with E-state index in [2.05, 4.69) is 10.2 Å². The topological polar surface area (TPSA) is 39.9 Å². The second kappa shape index (κ2) is 8.10. The SMILES string of the molecule is Cc1ccc(Cl)c(OC(C)c2nnc(SCc3cccc(F)c3)n2C)c1. The van der Waals surface area contributed by atoms with Crippen molar-refractivity contribution in [3.05, 3.63) is 70.3 Å². The first-order chi connectivity index (χ1) is 12.4. The van der Waals surface area contributed by atoms with E-state index in [9.17, 15) is 4.39 Å². The quantitative estimate of drug-likeness (QED) is 0.531. The van der Waals surface area contributed by atoms with Crippen molar-refractivity contribution in [2.75, 3.05) is 0 Å². The summed E-state index contributed by atoms with van der Waals surface area (Å²) in [6.45, 7) is 3.89. The molecule has 0 spiro atoms. The highest BCUT2D eigenvalue weighted by atomic mass is 35.5. The average molecular weight is 392 g/mol. The van der Waals surface area contributed by atoms with Crippen LogP contribution in [0.5, 0.6) is 5.75 Å². The summed E-state index contributed by atoms with van der Waals surface area (Å²) in [5.74, 6) is 1.70. The maximum Gasteiger partial charge on any atom is 0.191 e. The Morgan fingerprint density at radius 2 is 2.04 bits per heavy atom. The van der Waals surface area contributed by atoms with Crippen molar-refractivity contribution >= 4 is 23.4 Å². The molecule has 0 amide bonds. The van der Waals surface area contributed by atoms with Gasteiger partial charge in [-0.15, -0.1) is 10.2 Å². The van der Waals surface area contributed by atoms with Crippen molar-refractivity contribution in [2.24, 2.45) is 7.05 Å². The molecule has 4 nitrogen and oxygen atoms in total. The Bertz CT molecular complexity index is 916. The Hall–Kier alpha value is -2.05. The van der Waals surface area contributed by atoms with Crippen LogP contribution in [0.1, 0.15) is 30.0 Å². The lowest BCUT2D eigenvalue weighted by Gasteiger charge is -2.15. The van der Waals surface area contributed by atoms with Gasteiger partial charge in [-0.1, -0.05) is 41.6 Å². The zero-order chi connectivity index (χ0) is 18.7. The largest absolute Gasteiger partial charge is 0.481 e. The molecule has 26 heavy (non-hydrogen) atoms. The van der Waals surface area contributed by atoms with Crippen molar-refractivity contribution in [1.29, 1.82) is 0 Å². The second-order valence-electron chi connectivity index (χ2n) is 6.01. The van der Waals surface area contributed by atoms with Gasteiger partial charge in [0.25, 0.3) is 0 Å². The molecule has 0 N–H and O–H groups in total.